The molecule has 1 rings (SSSR count). The van der Waals surface area contributed by atoms with Crippen LogP contribution in [-0.2, 0) is 16.1 Å². The average Bonchev–Trinajstić information content (AvgIpc) is 2.46. The summed E-state index contributed by atoms with van der Waals surface area (Å²) in [5.41, 5.74) is 0.663. The second-order valence-corrected chi connectivity index (χ2v) is 4.37. The molecule has 0 N–H and O–H groups in total. The van der Waals surface area contributed by atoms with E-state index in [1.54, 1.807) is 19.1 Å². The lowest BCUT2D eigenvalue weighted by Crippen LogP contribution is -2.30. The number of nitrogens with zero attached hydrogens (tertiary/aromatic N) is 2. The van der Waals surface area contributed by atoms with Crippen LogP contribution in [0.3, 0.4) is 0 Å². The molecule has 7 nitrogen and oxygen atoms in total. The third kappa shape index (κ3) is 5.03. The van der Waals surface area contributed by atoms with Crippen LogP contribution in [0.1, 0.15) is 19.4 Å². The molecule has 0 fully saturated rings. The van der Waals surface area contributed by atoms with Gasteiger partial charge < -0.3 is 9.47 Å². The number of nitro groups is 1. The number of hydrogen-bond donors (Lipinski definition) is 0. The highest BCUT2D eigenvalue weighted by Gasteiger charge is 2.17. The van der Waals surface area contributed by atoms with Crippen LogP contribution in [0, 0.1) is 10.1 Å². The average molecular weight is 296 g/mol. The lowest BCUT2D eigenvalue weighted by molar-refractivity contribution is -0.385. The molecular formula is C14H20N2O5. The van der Waals surface area contributed by atoms with Crippen molar-refractivity contribution in [3.8, 4) is 5.75 Å². The predicted octanol–water partition coefficient (Wildman–Crippen LogP) is 1.99. The fourth-order valence-electron chi connectivity index (χ4n) is 1.90. The van der Waals surface area contributed by atoms with Gasteiger partial charge in [0.1, 0.15) is 0 Å². The largest absolute Gasteiger partial charge is 0.490 e. The van der Waals surface area contributed by atoms with E-state index < -0.39 is 4.92 Å². The Balaban J connectivity index is 2.83. The molecule has 0 aliphatic carbocycles. The summed E-state index contributed by atoms with van der Waals surface area (Å²) in [6.07, 6.45) is 0. The molecule has 7 heteroatoms. The molecule has 0 saturated carbocycles. The summed E-state index contributed by atoms with van der Waals surface area (Å²) in [4.78, 5) is 23.8. The van der Waals surface area contributed by atoms with Crippen molar-refractivity contribution in [1.82, 2.24) is 4.90 Å². The normalized spacial score (nSPS) is 10.5. The molecule has 0 bridgehead atoms. The Kier molecular flexibility index (Phi) is 6.61. The number of likely N-dealkylation sites (N-methyl/N-ethyl adjacent to an activating group) is 1. The van der Waals surface area contributed by atoms with Gasteiger partial charge in [-0.1, -0.05) is 13.0 Å². The second-order valence-electron chi connectivity index (χ2n) is 4.37. The van der Waals surface area contributed by atoms with Crippen molar-refractivity contribution in [3.63, 3.8) is 0 Å². The molecule has 0 aliphatic heterocycles. The highest BCUT2D eigenvalue weighted by atomic mass is 16.6. The minimum atomic E-state index is -0.482. The minimum absolute atomic E-state index is 0.0813. The Labute approximate surface area is 123 Å². The zero-order chi connectivity index (χ0) is 15.8. The Morgan fingerprint density at radius 3 is 2.62 bits per heavy atom. The molecule has 0 aromatic heterocycles. The van der Waals surface area contributed by atoms with Crippen molar-refractivity contribution in [1.29, 1.82) is 0 Å². The van der Waals surface area contributed by atoms with Crippen molar-refractivity contribution in [2.75, 3.05) is 26.8 Å². The molecule has 0 amide bonds. The van der Waals surface area contributed by atoms with Crippen molar-refractivity contribution < 1.29 is 19.2 Å². The number of benzene rings is 1. The second kappa shape index (κ2) is 8.21. The van der Waals surface area contributed by atoms with Crippen LogP contribution in [0.4, 0.5) is 5.69 Å². The summed E-state index contributed by atoms with van der Waals surface area (Å²) in [6.45, 7) is 5.23. The highest BCUT2D eigenvalue weighted by Crippen LogP contribution is 2.27. The first-order chi connectivity index (χ1) is 10.0. The van der Waals surface area contributed by atoms with Crippen molar-refractivity contribution >= 4 is 11.7 Å². The molecule has 0 saturated heterocycles. The van der Waals surface area contributed by atoms with E-state index in [-0.39, 0.29) is 24.0 Å². The van der Waals surface area contributed by atoms with Crippen LogP contribution in [0.5, 0.6) is 5.75 Å². The van der Waals surface area contributed by atoms with Gasteiger partial charge >= 0.3 is 11.7 Å². The minimum Gasteiger partial charge on any atom is -0.490 e. The van der Waals surface area contributed by atoms with E-state index in [2.05, 4.69) is 0 Å². The molecule has 1 aromatic rings. The molecule has 0 radical (unpaired) electrons. The fourth-order valence-corrected chi connectivity index (χ4v) is 1.90. The molecule has 0 spiro atoms. The zero-order valence-electron chi connectivity index (χ0n) is 12.5. The maximum Gasteiger partial charge on any atom is 0.320 e. The standard InChI is InChI=1S/C14H20N2O5/c1-4-15(10-14(17)21-5-2)9-11-6-7-13(20-3)12(8-11)16(18)19/h6-8H,4-5,9-10H2,1-3H3. The molecule has 0 heterocycles. The van der Waals surface area contributed by atoms with Gasteiger partial charge in [0.05, 0.1) is 25.2 Å². The fraction of sp³-hybridized carbons (Fsp3) is 0.500. The smallest absolute Gasteiger partial charge is 0.320 e. The molecule has 0 aliphatic rings. The maximum absolute atomic E-state index is 11.5. The molecule has 0 atom stereocenters. The number of nitro benzene ring substituents is 1. The maximum atomic E-state index is 11.5. The molecule has 0 unspecified atom stereocenters. The summed E-state index contributed by atoms with van der Waals surface area (Å²) in [5, 5.41) is 11.0. The van der Waals surface area contributed by atoms with Gasteiger partial charge in [-0.3, -0.25) is 19.8 Å². The zero-order valence-corrected chi connectivity index (χ0v) is 12.5. The van der Waals surface area contributed by atoms with Crippen LogP contribution in [-0.4, -0.2) is 42.6 Å². The van der Waals surface area contributed by atoms with Gasteiger partial charge in [0.15, 0.2) is 5.75 Å². The van der Waals surface area contributed by atoms with Gasteiger partial charge in [0.2, 0.25) is 0 Å². The number of carbonyl (C=O) groups excluding carboxylic acids is 1. The van der Waals surface area contributed by atoms with Crippen molar-refractivity contribution in [3.05, 3.63) is 33.9 Å². The quantitative estimate of drug-likeness (QED) is 0.414. The summed E-state index contributed by atoms with van der Waals surface area (Å²) in [7, 11) is 1.39. The predicted molar refractivity (Wildman–Crippen MR) is 77.2 cm³/mol. The number of ether oxygens (including phenoxy) is 2. The topological polar surface area (TPSA) is 81.9 Å². The van der Waals surface area contributed by atoms with E-state index in [1.165, 1.54) is 13.2 Å². The van der Waals surface area contributed by atoms with Crippen molar-refractivity contribution in [2.24, 2.45) is 0 Å². The Morgan fingerprint density at radius 2 is 2.10 bits per heavy atom. The third-order valence-electron chi connectivity index (χ3n) is 2.95. The monoisotopic (exact) mass is 296 g/mol. The number of esters is 1. The van der Waals surface area contributed by atoms with Gasteiger partial charge in [-0.25, -0.2) is 0 Å². The lowest BCUT2D eigenvalue weighted by Gasteiger charge is -2.19. The third-order valence-corrected chi connectivity index (χ3v) is 2.95. The van der Waals surface area contributed by atoms with Crippen molar-refractivity contribution in [2.45, 2.75) is 20.4 Å². The number of hydrogen-bond acceptors (Lipinski definition) is 6. The summed E-state index contributed by atoms with van der Waals surface area (Å²) in [5.74, 6) is -0.0837. The summed E-state index contributed by atoms with van der Waals surface area (Å²) in [6, 6.07) is 4.78. The van der Waals surface area contributed by atoms with Crippen LogP contribution in [0.15, 0.2) is 18.2 Å². The summed E-state index contributed by atoms with van der Waals surface area (Å²) >= 11 is 0. The van der Waals surface area contributed by atoms with Gasteiger partial charge in [-0.05, 0) is 25.1 Å². The van der Waals surface area contributed by atoms with E-state index in [0.29, 0.717) is 19.7 Å². The van der Waals surface area contributed by atoms with Crippen LogP contribution in [0.25, 0.3) is 0 Å². The van der Waals surface area contributed by atoms with E-state index in [0.717, 1.165) is 5.56 Å². The lowest BCUT2D eigenvalue weighted by atomic mass is 10.1. The molecule has 1 aromatic carbocycles. The van der Waals surface area contributed by atoms with Gasteiger partial charge in [0.25, 0.3) is 0 Å². The summed E-state index contributed by atoms with van der Waals surface area (Å²) < 4.78 is 9.86. The molecule has 21 heavy (non-hydrogen) atoms. The Bertz CT molecular complexity index is 504. The first kappa shape index (κ1) is 16.9. The van der Waals surface area contributed by atoms with E-state index >= 15 is 0 Å². The Hall–Kier alpha value is -2.15. The van der Waals surface area contributed by atoms with E-state index in [9.17, 15) is 14.9 Å². The highest BCUT2D eigenvalue weighted by molar-refractivity contribution is 5.71. The SMILES string of the molecule is CCOC(=O)CN(CC)Cc1ccc(OC)c([N+](=O)[O-])c1. The first-order valence-electron chi connectivity index (χ1n) is 6.71. The number of carbonyl (C=O) groups is 1. The van der Waals surface area contributed by atoms with Gasteiger partial charge in [-0.15, -0.1) is 0 Å². The Morgan fingerprint density at radius 1 is 1.38 bits per heavy atom. The van der Waals surface area contributed by atoms with E-state index in [4.69, 9.17) is 9.47 Å². The molecule has 116 valence electrons. The van der Waals surface area contributed by atoms with Crippen LogP contribution >= 0.6 is 0 Å². The molecular weight excluding hydrogens is 276 g/mol. The first-order valence-corrected chi connectivity index (χ1v) is 6.71. The van der Waals surface area contributed by atoms with Gasteiger partial charge in [0, 0.05) is 12.6 Å². The number of methoxy groups -OCH3 is 1. The van der Waals surface area contributed by atoms with Crippen LogP contribution < -0.4 is 4.74 Å². The van der Waals surface area contributed by atoms with E-state index in [1.807, 2.05) is 11.8 Å². The van der Waals surface area contributed by atoms with Crippen LogP contribution in [0.2, 0.25) is 0 Å². The number of rotatable bonds is 8. The van der Waals surface area contributed by atoms with Gasteiger partial charge in [-0.2, -0.15) is 0 Å².